The number of esters is 1. The van der Waals surface area contributed by atoms with Crippen LogP contribution in [0.4, 0.5) is 0 Å². The maximum atomic E-state index is 12.2. The van der Waals surface area contributed by atoms with Gasteiger partial charge in [0.2, 0.25) is 0 Å². The molecule has 0 N–H and O–H groups in total. The van der Waals surface area contributed by atoms with Crippen molar-refractivity contribution in [3.63, 3.8) is 0 Å². The van der Waals surface area contributed by atoms with Crippen LogP contribution in [0.15, 0.2) is 12.7 Å². The molecule has 0 radical (unpaired) electrons. The Morgan fingerprint density at radius 1 is 0.906 bits per heavy atom. The van der Waals surface area contributed by atoms with E-state index in [0.29, 0.717) is 32.3 Å². The lowest BCUT2D eigenvalue weighted by Crippen LogP contribution is -2.69. The molecule has 0 aliphatic heterocycles. The average molecular weight is 457 g/mol. The molecule has 4 saturated carbocycles. The molecule has 0 aromatic rings. The van der Waals surface area contributed by atoms with Crippen LogP contribution in [0.1, 0.15) is 52.4 Å². The molecule has 4 rings (SSSR count). The van der Waals surface area contributed by atoms with Crippen LogP contribution < -0.4 is 0 Å². The van der Waals surface area contributed by atoms with Crippen molar-refractivity contribution >= 4 is 5.97 Å². The van der Waals surface area contributed by atoms with Gasteiger partial charge in [-0.15, -0.1) is 0 Å². The maximum Gasteiger partial charge on any atom is 0.330 e. The molecule has 4 atom stereocenters. The molecule has 184 valence electrons. The van der Waals surface area contributed by atoms with Crippen LogP contribution in [-0.2, 0) is 38.0 Å². The Hall–Kier alpha value is -1.03. The van der Waals surface area contributed by atoms with E-state index in [0.717, 1.165) is 38.5 Å². The Morgan fingerprint density at radius 2 is 1.44 bits per heavy atom. The van der Waals surface area contributed by atoms with Crippen LogP contribution >= 0.6 is 0 Å². The second kappa shape index (κ2) is 10.5. The minimum Gasteiger partial charge on any atom is -0.456 e. The standard InChI is InChI=1S/C24H40O8/c1-6-20(25)32-21(2,3)22-11-19-12-23(14-22,30-17-28-9-7-26-4)16-24(13-19,15-22)31-18-29-10-8-27-5/h6,19H,1,7-18H2,2-5H3/t19?,22?,23-,24+. The molecule has 4 aliphatic carbocycles. The average Bonchev–Trinajstić information content (AvgIpc) is 2.72. The summed E-state index contributed by atoms with van der Waals surface area (Å²) >= 11 is 0. The van der Waals surface area contributed by atoms with Crippen LogP contribution in [0, 0.1) is 11.3 Å². The van der Waals surface area contributed by atoms with E-state index in [-0.39, 0.29) is 30.2 Å². The summed E-state index contributed by atoms with van der Waals surface area (Å²) in [5.74, 6) is 0.0207. The fraction of sp³-hybridized carbons (Fsp3) is 0.875. The highest BCUT2D eigenvalue weighted by Gasteiger charge is 2.69. The molecule has 4 bridgehead atoms. The summed E-state index contributed by atoms with van der Waals surface area (Å²) in [4.78, 5) is 12.2. The fourth-order valence-corrected chi connectivity index (χ4v) is 6.39. The molecule has 0 amide bonds. The predicted octanol–water partition coefficient (Wildman–Crippen LogP) is 3.23. The Labute approximate surface area is 191 Å². The first-order chi connectivity index (χ1) is 15.2. The van der Waals surface area contributed by atoms with Crippen LogP contribution in [-0.4, -0.2) is 77.0 Å². The van der Waals surface area contributed by atoms with Gasteiger partial charge in [-0.25, -0.2) is 4.79 Å². The number of ether oxygens (including phenoxy) is 7. The molecule has 0 spiro atoms. The first-order valence-corrected chi connectivity index (χ1v) is 11.5. The zero-order valence-electron chi connectivity index (χ0n) is 20.1. The highest BCUT2D eigenvalue weighted by molar-refractivity contribution is 5.81. The van der Waals surface area contributed by atoms with Gasteiger partial charge in [0.25, 0.3) is 0 Å². The SMILES string of the molecule is C=CC(=O)OC(C)(C)C12CC3C[C@](OCOCCOC)(C1)C[C@@](OCOCCOC)(C3)C2. The molecule has 0 heterocycles. The van der Waals surface area contributed by atoms with Crippen molar-refractivity contribution in [1.29, 1.82) is 0 Å². The minimum atomic E-state index is -0.686. The van der Waals surface area contributed by atoms with Gasteiger partial charge in [-0.2, -0.15) is 0 Å². The summed E-state index contributed by atoms with van der Waals surface area (Å²) in [5, 5.41) is 0. The van der Waals surface area contributed by atoms with Gasteiger partial charge in [0.1, 0.15) is 19.2 Å². The predicted molar refractivity (Wildman–Crippen MR) is 117 cm³/mol. The van der Waals surface area contributed by atoms with Crippen molar-refractivity contribution in [2.45, 2.75) is 69.2 Å². The lowest BCUT2D eigenvalue weighted by atomic mass is 9.42. The summed E-state index contributed by atoms with van der Waals surface area (Å²) < 4.78 is 40.2. The number of hydrogen-bond donors (Lipinski definition) is 0. The molecular formula is C24H40O8. The molecular weight excluding hydrogens is 416 g/mol. The molecule has 32 heavy (non-hydrogen) atoms. The first-order valence-electron chi connectivity index (χ1n) is 11.5. The van der Waals surface area contributed by atoms with Gasteiger partial charge < -0.3 is 33.2 Å². The van der Waals surface area contributed by atoms with Gasteiger partial charge in [-0.1, -0.05) is 6.58 Å². The second-order valence-corrected chi connectivity index (χ2v) is 10.1. The number of carbonyl (C=O) groups is 1. The Morgan fingerprint density at radius 3 is 1.91 bits per heavy atom. The maximum absolute atomic E-state index is 12.2. The molecule has 0 saturated heterocycles. The first kappa shape index (κ1) is 25.6. The Bertz CT molecular complexity index is 618. The van der Waals surface area contributed by atoms with E-state index in [1.807, 2.05) is 13.8 Å². The van der Waals surface area contributed by atoms with Crippen LogP contribution in [0.3, 0.4) is 0 Å². The number of methoxy groups -OCH3 is 2. The monoisotopic (exact) mass is 456 g/mol. The van der Waals surface area contributed by atoms with Crippen molar-refractivity contribution in [2.24, 2.45) is 11.3 Å². The number of hydrogen-bond acceptors (Lipinski definition) is 8. The van der Waals surface area contributed by atoms with Crippen molar-refractivity contribution in [3.05, 3.63) is 12.7 Å². The molecule has 4 fully saturated rings. The fourth-order valence-electron chi connectivity index (χ4n) is 6.39. The minimum absolute atomic E-state index is 0.208. The quantitative estimate of drug-likeness (QED) is 0.161. The number of rotatable bonds is 15. The topological polar surface area (TPSA) is 81.7 Å². The van der Waals surface area contributed by atoms with Gasteiger partial charge >= 0.3 is 5.97 Å². The Balaban J connectivity index is 1.79. The van der Waals surface area contributed by atoms with Gasteiger partial charge in [-0.05, 0) is 51.9 Å². The van der Waals surface area contributed by atoms with E-state index in [1.165, 1.54) is 6.08 Å². The summed E-state index contributed by atoms with van der Waals surface area (Å²) in [5.41, 5.74) is -1.70. The van der Waals surface area contributed by atoms with Gasteiger partial charge in [0.15, 0.2) is 0 Å². The van der Waals surface area contributed by atoms with E-state index < -0.39 is 11.6 Å². The van der Waals surface area contributed by atoms with Crippen LogP contribution in [0.25, 0.3) is 0 Å². The van der Waals surface area contributed by atoms with E-state index >= 15 is 0 Å². The summed E-state index contributed by atoms with van der Waals surface area (Å²) in [6.07, 6.45) is 6.52. The van der Waals surface area contributed by atoms with Crippen molar-refractivity contribution in [1.82, 2.24) is 0 Å². The van der Waals surface area contributed by atoms with Crippen molar-refractivity contribution in [3.8, 4) is 0 Å². The highest BCUT2D eigenvalue weighted by atomic mass is 16.7. The van der Waals surface area contributed by atoms with Gasteiger partial charge in [0.05, 0.1) is 37.6 Å². The molecule has 0 aromatic heterocycles. The van der Waals surface area contributed by atoms with Gasteiger partial charge in [-0.3, -0.25) is 0 Å². The number of carbonyl (C=O) groups excluding carboxylic acids is 1. The molecule has 8 heteroatoms. The van der Waals surface area contributed by atoms with Crippen molar-refractivity contribution in [2.75, 3.05) is 54.2 Å². The third-order valence-corrected chi connectivity index (χ3v) is 7.53. The smallest absolute Gasteiger partial charge is 0.330 e. The van der Waals surface area contributed by atoms with Crippen LogP contribution in [0.2, 0.25) is 0 Å². The van der Waals surface area contributed by atoms with E-state index in [9.17, 15) is 4.79 Å². The van der Waals surface area contributed by atoms with Gasteiger partial charge in [0, 0.05) is 32.1 Å². The highest BCUT2D eigenvalue weighted by Crippen LogP contribution is 2.68. The Kier molecular flexibility index (Phi) is 8.39. The molecule has 8 nitrogen and oxygen atoms in total. The van der Waals surface area contributed by atoms with Crippen molar-refractivity contribution < 1.29 is 38.0 Å². The largest absolute Gasteiger partial charge is 0.456 e. The lowest BCUT2D eigenvalue weighted by molar-refractivity contribution is -0.316. The zero-order valence-corrected chi connectivity index (χ0v) is 20.1. The lowest BCUT2D eigenvalue weighted by Gasteiger charge is -2.68. The summed E-state index contributed by atoms with van der Waals surface area (Å²) in [6, 6.07) is 0. The molecule has 0 aromatic carbocycles. The molecule has 2 unspecified atom stereocenters. The third kappa shape index (κ3) is 5.54. The second-order valence-electron chi connectivity index (χ2n) is 10.1. The zero-order chi connectivity index (χ0) is 23.3. The third-order valence-electron chi connectivity index (χ3n) is 7.53. The van der Waals surface area contributed by atoms with Crippen LogP contribution in [0.5, 0.6) is 0 Å². The molecule has 4 aliphatic rings. The van der Waals surface area contributed by atoms with E-state index in [4.69, 9.17) is 33.2 Å². The van der Waals surface area contributed by atoms with E-state index in [1.54, 1.807) is 14.2 Å². The normalized spacial score (nSPS) is 33.4. The summed E-state index contributed by atoms with van der Waals surface area (Å²) in [7, 11) is 3.30. The summed E-state index contributed by atoms with van der Waals surface area (Å²) in [6.45, 7) is 10.0. The van der Waals surface area contributed by atoms with E-state index in [2.05, 4.69) is 6.58 Å².